The molecule has 1 amide bonds. The average molecular weight is 292 g/mol. The summed E-state index contributed by atoms with van der Waals surface area (Å²) in [6.45, 7) is 5.01. The molecule has 1 saturated heterocycles. The minimum Gasteiger partial charge on any atom is -0.495 e. The lowest BCUT2D eigenvalue weighted by Crippen LogP contribution is -2.41. The first-order chi connectivity index (χ1) is 9.97. The van der Waals surface area contributed by atoms with Gasteiger partial charge in [0.1, 0.15) is 5.75 Å². The summed E-state index contributed by atoms with van der Waals surface area (Å²) in [4.78, 5) is 11.3. The van der Waals surface area contributed by atoms with Gasteiger partial charge in [0.2, 0.25) is 5.91 Å². The maximum absolute atomic E-state index is 11.3. The normalized spacial score (nSPS) is 25.4. The SMILES string of the molecule is CCC1(C)CC(Nc2cc(C(N)=O)ccc2OC)CCO1. The Morgan fingerprint density at radius 2 is 2.33 bits per heavy atom. The van der Waals surface area contributed by atoms with Crippen LogP contribution in [-0.4, -0.2) is 31.3 Å². The van der Waals surface area contributed by atoms with E-state index >= 15 is 0 Å². The molecule has 0 aliphatic carbocycles. The second-order valence-electron chi connectivity index (χ2n) is 5.77. The van der Waals surface area contributed by atoms with Crippen LogP contribution in [0.2, 0.25) is 0 Å². The zero-order chi connectivity index (χ0) is 15.5. The number of anilines is 1. The highest BCUT2D eigenvalue weighted by Gasteiger charge is 2.31. The first kappa shape index (κ1) is 15.6. The lowest BCUT2D eigenvalue weighted by atomic mass is 9.89. The maximum atomic E-state index is 11.3. The van der Waals surface area contributed by atoms with Crippen LogP contribution in [-0.2, 0) is 4.74 Å². The molecule has 0 saturated carbocycles. The molecule has 0 radical (unpaired) electrons. The van der Waals surface area contributed by atoms with Crippen LogP contribution >= 0.6 is 0 Å². The van der Waals surface area contributed by atoms with Crippen molar-refractivity contribution >= 4 is 11.6 Å². The molecule has 0 bridgehead atoms. The third kappa shape index (κ3) is 3.67. The van der Waals surface area contributed by atoms with Gasteiger partial charge in [-0.15, -0.1) is 0 Å². The fourth-order valence-corrected chi connectivity index (χ4v) is 2.69. The highest BCUT2D eigenvalue weighted by Crippen LogP contribution is 2.32. The molecule has 1 aromatic carbocycles. The van der Waals surface area contributed by atoms with Gasteiger partial charge >= 0.3 is 0 Å². The molecule has 1 fully saturated rings. The van der Waals surface area contributed by atoms with Gasteiger partial charge in [-0.1, -0.05) is 6.92 Å². The van der Waals surface area contributed by atoms with E-state index in [9.17, 15) is 4.79 Å². The van der Waals surface area contributed by atoms with Crippen LogP contribution in [0.5, 0.6) is 5.75 Å². The first-order valence-electron chi connectivity index (χ1n) is 7.36. The van der Waals surface area contributed by atoms with E-state index in [1.807, 2.05) is 0 Å². The van der Waals surface area contributed by atoms with E-state index in [-0.39, 0.29) is 5.60 Å². The van der Waals surface area contributed by atoms with Crippen molar-refractivity contribution in [3.8, 4) is 5.75 Å². The number of hydrogen-bond donors (Lipinski definition) is 2. The van der Waals surface area contributed by atoms with Gasteiger partial charge in [-0.25, -0.2) is 0 Å². The zero-order valence-corrected chi connectivity index (χ0v) is 12.9. The number of amides is 1. The summed E-state index contributed by atoms with van der Waals surface area (Å²) in [5.41, 5.74) is 6.53. The number of ether oxygens (including phenoxy) is 2. The van der Waals surface area contributed by atoms with Crippen LogP contribution in [0, 0.1) is 0 Å². The Bertz CT molecular complexity index is 518. The standard InChI is InChI=1S/C16H24N2O3/c1-4-16(2)10-12(7-8-21-16)18-13-9-11(15(17)19)5-6-14(13)20-3/h5-6,9,12,18H,4,7-8,10H2,1-3H3,(H2,17,19). The third-order valence-corrected chi connectivity index (χ3v) is 4.19. The highest BCUT2D eigenvalue weighted by atomic mass is 16.5. The van der Waals surface area contributed by atoms with Gasteiger partial charge < -0.3 is 20.5 Å². The molecule has 21 heavy (non-hydrogen) atoms. The Kier molecular flexibility index (Phi) is 4.73. The number of carbonyl (C=O) groups excluding carboxylic acids is 1. The monoisotopic (exact) mass is 292 g/mol. The summed E-state index contributed by atoms with van der Waals surface area (Å²) < 4.78 is 11.2. The molecule has 1 aliphatic heterocycles. The predicted molar refractivity (Wildman–Crippen MR) is 82.8 cm³/mol. The van der Waals surface area contributed by atoms with E-state index < -0.39 is 5.91 Å². The second kappa shape index (κ2) is 6.35. The van der Waals surface area contributed by atoms with Crippen LogP contribution in [0.25, 0.3) is 0 Å². The molecule has 2 rings (SSSR count). The summed E-state index contributed by atoms with van der Waals surface area (Å²) in [5, 5.41) is 3.47. The van der Waals surface area contributed by atoms with Crippen LogP contribution < -0.4 is 15.8 Å². The minimum atomic E-state index is -0.439. The van der Waals surface area contributed by atoms with Crippen LogP contribution in [0.15, 0.2) is 18.2 Å². The van der Waals surface area contributed by atoms with Crippen molar-refractivity contribution < 1.29 is 14.3 Å². The molecule has 5 nitrogen and oxygen atoms in total. The fraction of sp³-hybridized carbons (Fsp3) is 0.562. The van der Waals surface area contributed by atoms with E-state index in [0.717, 1.165) is 31.6 Å². The van der Waals surface area contributed by atoms with E-state index in [0.29, 0.717) is 17.4 Å². The molecular formula is C16H24N2O3. The van der Waals surface area contributed by atoms with Crippen molar-refractivity contribution in [3.05, 3.63) is 23.8 Å². The molecule has 2 atom stereocenters. The molecule has 1 heterocycles. The van der Waals surface area contributed by atoms with E-state index in [4.69, 9.17) is 15.2 Å². The minimum absolute atomic E-state index is 0.0928. The number of nitrogens with one attached hydrogen (secondary N) is 1. The van der Waals surface area contributed by atoms with Crippen molar-refractivity contribution in [2.75, 3.05) is 19.0 Å². The average Bonchev–Trinajstić information content (AvgIpc) is 2.47. The third-order valence-electron chi connectivity index (χ3n) is 4.19. The summed E-state index contributed by atoms with van der Waals surface area (Å²) in [6.07, 6.45) is 2.83. The highest BCUT2D eigenvalue weighted by molar-refractivity contribution is 5.94. The van der Waals surface area contributed by atoms with Gasteiger partial charge in [0.15, 0.2) is 0 Å². The first-order valence-corrected chi connectivity index (χ1v) is 7.36. The molecule has 0 aromatic heterocycles. The lowest BCUT2D eigenvalue weighted by Gasteiger charge is -2.38. The predicted octanol–water partition coefficient (Wildman–Crippen LogP) is 2.55. The topological polar surface area (TPSA) is 73.6 Å². The second-order valence-corrected chi connectivity index (χ2v) is 5.77. The Balaban J connectivity index is 2.18. The van der Waals surface area contributed by atoms with Crippen molar-refractivity contribution in [2.45, 2.75) is 44.8 Å². The Labute approximate surface area is 125 Å². The van der Waals surface area contributed by atoms with Crippen molar-refractivity contribution in [3.63, 3.8) is 0 Å². The number of hydrogen-bond acceptors (Lipinski definition) is 4. The molecule has 116 valence electrons. The molecule has 1 aliphatic rings. The van der Waals surface area contributed by atoms with Crippen molar-refractivity contribution in [2.24, 2.45) is 5.73 Å². The molecule has 2 unspecified atom stereocenters. The maximum Gasteiger partial charge on any atom is 0.248 e. The number of methoxy groups -OCH3 is 1. The molecule has 1 aromatic rings. The van der Waals surface area contributed by atoms with Crippen LogP contribution in [0.3, 0.4) is 0 Å². The van der Waals surface area contributed by atoms with Crippen LogP contribution in [0.4, 0.5) is 5.69 Å². The molecule has 0 spiro atoms. The van der Waals surface area contributed by atoms with Crippen molar-refractivity contribution in [1.29, 1.82) is 0 Å². The van der Waals surface area contributed by atoms with Crippen LogP contribution in [0.1, 0.15) is 43.5 Å². The van der Waals surface area contributed by atoms with Gasteiger partial charge in [-0.3, -0.25) is 4.79 Å². The Morgan fingerprint density at radius 3 is 2.95 bits per heavy atom. The number of nitrogens with two attached hydrogens (primary N) is 1. The Hall–Kier alpha value is -1.75. The summed E-state index contributed by atoms with van der Waals surface area (Å²) in [6, 6.07) is 5.48. The van der Waals surface area contributed by atoms with Gasteiger partial charge in [0.05, 0.1) is 18.4 Å². The summed E-state index contributed by atoms with van der Waals surface area (Å²) in [5.74, 6) is 0.274. The van der Waals surface area contributed by atoms with Crippen molar-refractivity contribution in [1.82, 2.24) is 0 Å². The number of carbonyl (C=O) groups is 1. The smallest absolute Gasteiger partial charge is 0.248 e. The van der Waals surface area contributed by atoms with E-state index in [1.165, 1.54) is 0 Å². The van der Waals surface area contributed by atoms with E-state index in [2.05, 4.69) is 19.2 Å². The molecular weight excluding hydrogens is 268 g/mol. The fourth-order valence-electron chi connectivity index (χ4n) is 2.69. The molecule has 5 heteroatoms. The summed E-state index contributed by atoms with van der Waals surface area (Å²) >= 11 is 0. The van der Waals surface area contributed by atoms with Gasteiger partial charge in [-0.2, -0.15) is 0 Å². The van der Waals surface area contributed by atoms with E-state index in [1.54, 1.807) is 25.3 Å². The number of rotatable bonds is 5. The Morgan fingerprint density at radius 1 is 1.57 bits per heavy atom. The summed E-state index contributed by atoms with van der Waals surface area (Å²) in [7, 11) is 1.62. The zero-order valence-electron chi connectivity index (χ0n) is 12.9. The quantitative estimate of drug-likeness (QED) is 0.874. The van der Waals surface area contributed by atoms with Gasteiger partial charge in [-0.05, 0) is 44.4 Å². The number of primary amides is 1. The largest absolute Gasteiger partial charge is 0.495 e. The molecule has 3 N–H and O–H groups in total. The van der Waals surface area contributed by atoms with Gasteiger partial charge in [0.25, 0.3) is 0 Å². The lowest BCUT2D eigenvalue weighted by molar-refractivity contribution is -0.0709. The van der Waals surface area contributed by atoms with Gasteiger partial charge in [0, 0.05) is 18.2 Å². The number of benzene rings is 1.